The van der Waals surface area contributed by atoms with Crippen molar-refractivity contribution in [1.82, 2.24) is 5.32 Å². The number of carbonyl (C=O) groups is 1. The van der Waals surface area contributed by atoms with Gasteiger partial charge < -0.3 is 10.1 Å². The Balaban J connectivity index is 1.60. The van der Waals surface area contributed by atoms with E-state index in [1.807, 2.05) is 54.6 Å². The molecule has 0 spiro atoms. The van der Waals surface area contributed by atoms with Crippen molar-refractivity contribution < 1.29 is 9.53 Å². The summed E-state index contributed by atoms with van der Waals surface area (Å²) in [4.78, 5) is 12.5. The number of anilines is 1. The molecule has 0 heterocycles. The summed E-state index contributed by atoms with van der Waals surface area (Å²) >= 11 is 10.9. The van der Waals surface area contributed by atoms with Crippen molar-refractivity contribution in [3.05, 3.63) is 92.0 Å². The maximum atomic E-state index is 12.5. The Labute approximate surface area is 191 Å². The third-order valence-electron chi connectivity index (χ3n) is 3.75. The summed E-state index contributed by atoms with van der Waals surface area (Å²) < 4.78 is 7.74. The second-order valence-electron chi connectivity index (χ2n) is 5.83. The highest BCUT2D eigenvalue weighted by Gasteiger charge is 2.10. The first-order valence-electron chi connectivity index (χ1n) is 8.35. The van der Waals surface area contributed by atoms with E-state index >= 15 is 0 Å². The van der Waals surface area contributed by atoms with E-state index in [-0.39, 0.29) is 11.0 Å². The first-order valence-corrected chi connectivity index (χ1v) is 10.6. The number of thiocarbonyl (C=S) groups is 1. The summed E-state index contributed by atoms with van der Waals surface area (Å²) in [6.07, 6.45) is 0. The molecule has 0 aliphatic rings. The van der Waals surface area contributed by atoms with Gasteiger partial charge in [0.05, 0.1) is 5.69 Å². The van der Waals surface area contributed by atoms with Gasteiger partial charge in [-0.3, -0.25) is 10.1 Å². The fraction of sp³-hybridized carbons (Fsp3) is 0.0476. The molecule has 2 N–H and O–H groups in total. The number of nitrogens with one attached hydrogen (secondary N) is 2. The van der Waals surface area contributed by atoms with E-state index in [0.717, 1.165) is 19.3 Å². The molecule has 3 rings (SSSR count). The molecule has 0 radical (unpaired) electrons. The van der Waals surface area contributed by atoms with Crippen LogP contribution >= 0.6 is 50.7 Å². The quantitative estimate of drug-likeness (QED) is 0.304. The Morgan fingerprint density at radius 1 is 1.04 bits per heavy atom. The molecule has 0 aliphatic carbocycles. The molecule has 7 heteroatoms. The lowest BCUT2D eigenvalue weighted by atomic mass is 10.2. The van der Waals surface area contributed by atoms with Crippen LogP contribution in [-0.2, 0) is 6.61 Å². The van der Waals surface area contributed by atoms with Gasteiger partial charge in [-0.2, -0.15) is 0 Å². The van der Waals surface area contributed by atoms with Gasteiger partial charge in [-0.25, -0.2) is 0 Å². The number of hydrogen-bond acceptors (Lipinski definition) is 3. The topological polar surface area (TPSA) is 50.4 Å². The Kier molecular flexibility index (Phi) is 7.41. The number of halogens is 2. The lowest BCUT2D eigenvalue weighted by Crippen LogP contribution is -2.34. The van der Waals surface area contributed by atoms with Gasteiger partial charge in [0.25, 0.3) is 5.91 Å². The van der Waals surface area contributed by atoms with Crippen LogP contribution in [0.15, 0.2) is 77.3 Å². The summed E-state index contributed by atoms with van der Waals surface area (Å²) in [6, 6.07) is 22.6. The van der Waals surface area contributed by atoms with Crippen LogP contribution in [0.2, 0.25) is 0 Å². The summed E-state index contributed by atoms with van der Waals surface area (Å²) in [5.74, 6) is 0.326. The van der Waals surface area contributed by atoms with Gasteiger partial charge in [-0.1, -0.05) is 52.3 Å². The van der Waals surface area contributed by atoms with Crippen molar-refractivity contribution in [2.24, 2.45) is 0 Å². The predicted octanol–water partition coefficient (Wildman–Crippen LogP) is 5.76. The number of rotatable bonds is 5. The Morgan fingerprint density at radius 2 is 1.82 bits per heavy atom. The molecule has 0 atom stereocenters. The smallest absolute Gasteiger partial charge is 0.257 e. The van der Waals surface area contributed by atoms with Gasteiger partial charge in [0.2, 0.25) is 0 Å². The monoisotopic (exact) mass is 566 g/mol. The molecule has 0 aromatic heterocycles. The molecule has 4 nitrogen and oxygen atoms in total. The van der Waals surface area contributed by atoms with Crippen LogP contribution < -0.4 is 15.4 Å². The third-order valence-corrected chi connectivity index (χ3v) is 5.34. The molecule has 28 heavy (non-hydrogen) atoms. The lowest BCUT2D eigenvalue weighted by molar-refractivity contribution is 0.0977. The summed E-state index contributed by atoms with van der Waals surface area (Å²) in [6.45, 7) is 0.438. The fourth-order valence-electron chi connectivity index (χ4n) is 2.39. The van der Waals surface area contributed by atoms with E-state index in [2.05, 4.69) is 49.2 Å². The van der Waals surface area contributed by atoms with Gasteiger partial charge in [-0.15, -0.1) is 0 Å². The number of amides is 1. The normalized spacial score (nSPS) is 10.2. The number of ether oxygens (including phenoxy) is 1. The van der Waals surface area contributed by atoms with E-state index in [0.29, 0.717) is 17.9 Å². The van der Waals surface area contributed by atoms with E-state index in [9.17, 15) is 4.79 Å². The van der Waals surface area contributed by atoms with Crippen LogP contribution in [0.4, 0.5) is 5.69 Å². The van der Waals surface area contributed by atoms with Crippen LogP contribution in [0.5, 0.6) is 5.75 Å². The van der Waals surface area contributed by atoms with Crippen molar-refractivity contribution in [3.63, 3.8) is 0 Å². The Bertz CT molecular complexity index is 999. The number of hydrogen-bond donors (Lipinski definition) is 2. The zero-order chi connectivity index (χ0) is 19.9. The van der Waals surface area contributed by atoms with E-state index in [1.54, 1.807) is 18.2 Å². The van der Waals surface area contributed by atoms with Crippen molar-refractivity contribution in [1.29, 1.82) is 0 Å². The van der Waals surface area contributed by atoms with Gasteiger partial charge in [-0.05, 0) is 76.8 Å². The molecule has 0 aliphatic heterocycles. The summed E-state index contributed by atoms with van der Waals surface area (Å²) in [7, 11) is 0. The van der Waals surface area contributed by atoms with Crippen molar-refractivity contribution in [3.8, 4) is 5.75 Å². The van der Waals surface area contributed by atoms with Crippen LogP contribution in [-0.4, -0.2) is 11.0 Å². The van der Waals surface area contributed by atoms with Crippen LogP contribution in [0, 0.1) is 3.57 Å². The molecule has 0 fully saturated rings. The molecular formula is C21H16BrIN2O2S. The van der Waals surface area contributed by atoms with Gasteiger partial charge in [0, 0.05) is 13.6 Å². The van der Waals surface area contributed by atoms with Crippen molar-refractivity contribution in [2.75, 3.05) is 5.32 Å². The zero-order valence-corrected chi connectivity index (χ0v) is 19.2. The predicted molar refractivity (Wildman–Crippen MR) is 128 cm³/mol. The van der Waals surface area contributed by atoms with Gasteiger partial charge in [0.1, 0.15) is 12.4 Å². The van der Waals surface area contributed by atoms with E-state index in [1.165, 1.54) is 0 Å². The maximum absolute atomic E-state index is 12.5. The SMILES string of the molecule is O=C(NC(=S)Nc1ccc(Br)cc1I)c1cccc(OCc2ccccc2)c1. The van der Waals surface area contributed by atoms with Crippen LogP contribution in [0.25, 0.3) is 0 Å². The highest BCUT2D eigenvalue weighted by atomic mass is 127. The van der Waals surface area contributed by atoms with Crippen molar-refractivity contribution in [2.45, 2.75) is 6.61 Å². The van der Waals surface area contributed by atoms with E-state index in [4.69, 9.17) is 17.0 Å². The molecule has 0 saturated carbocycles. The highest BCUT2D eigenvalue weighted by Crippen LogP contribution is 2.22. The molecule has 142 valence electrons. The first-order chi connectivity index (χ1) is 13.5. The van der Waals surface area contributed by atoms with E-state index < -0.39 is 0 Å². The standard InChI is InChI=1S/C21H16BrIN2O2S/c22-16-9-10-19(18(23)12-16)24-21(28)25-20(26)15-7-4-8-17(11-15)27-13-14-5-2-1-3-6-14/h1-12H,13H2,(H2,24,25,26,28). The average molecular weight is 567 g/mol. The summed E-state index contributed by atoms with van der Waals surface area (Å²) in [5.41, 5.74) is 2.36. The molecular weight excluding hydrogens is 551 g/mol. The Morgan fingerprint density at radius 3 is 2.57 bits per heavy atom. The van der Waals surface area contributed by atoms with Crippen LogP contribution in [0.3, 0.4) is 0 Å². The second kappa shape index (κ2) is 9.99. The fourth-order valence-corrected chi connectivity index (χ4v) is 4.03. The molecule has 0 bridgehead atoms. The third kappa shape index (κ3) is 6.02. The minimum atomic E-state index is -0.296. The molecule has 0 saturated heterocycles. The molecule has 1 amide bonds. The Hall–Kier alpha value is -1.97. The summed E-state index contributed by atoms with van der Waals surface area (Å²) in [5, 5.41) is 5.97. The highest BCUT2D eigenvalue weighted by molar-refractivity contribution is 14.1. The lowest BCUT2D eigenvalue weighted by Gasteiger charge is -2.12. The van der Waals surface area contributed by atoms with Gasteiger partial charge >= 0.3 is 0 Å². The first kappa shape index (κ1) is 20.8. The second-order valence-corrected chi connectivity index (χ2v) is 8.32. The molecule has 3 aromatic carbocycles. The molecule has 0 unspecified atom stereocenters. The number of carbonyl (C=O) groups excluding carboxylic acids is 1. The minimum absolute atomic E-state index is 0.237. The maximum Gasteiger partial charge on any atom is 0.257 e. The zero-order valence-electron chi connectivity index (χ0n) is 14.6. The molecule has 3 aromatic rings. The van der Waals surface area contributed by atoms with Gasteiger partial charge in [0.15, 0.2) is 5.11 Å². The average Bonchev–Trinajstić information content (AvgIpc) is 2.69. The van der Waals surface area contributed by atoms with Crippen molar-refractivity contribution >= 4 is 67.4 Å². The van der Waals surface area contributed by atoms with Crippen LogP contribution in [0.1, 0.15) is 15.9 Å². The largest absolute Gasteiger partial charge is 0.489 e. The minimum Gasteiger partial charge on any atom is -0.489 e. The number of benzene rings is 3.